The van der Waals surface area contributed by atoms with Crippen molar-refractivity contribution < 1.29 is 9.84 Å². The summed E-state index contributed by atoms with van der Waals surface area (Å²) in [6.07, 6.45) is 0.677. The van der Waals surface area contributed by atoms with Gasteiger partial charge in [0.1, 0.15) is 11.5 Å². The monoisotopic (exact) mass is 195 g/mol. The standard InChI is InChI=1S/C11H17NO2/c1-7(12)6-9-4-5-10(14-3)8(2)11(9)13/h4-5,7,13H,6,12H2,1-3H3. The Morgan fingerprint density at radius 1 is 1.50 bits per heavy atom. The van der Waals surface area contributed by atoms with Crippen molar-refractivity contribution in [3.8, 4) is 11.5 Å². The first-order chi connectivity index (χ1) is 6.56. The molecule has 0 aliphatic heterocycles. The number of hydrogen-bond acceptors (Lipinski definition) is 3. The fourth-order valence-corrected chi connectivity index (χ4v) is 1.47. The van der Waals surface area contributed by atoms with E-state index in [2.05, 4.69) is 0 Å². The van der Waals surface area contributed by atoms with Crippen molar-refractivity contribution in [3.63, 3.8) is 0 Å². The molecule has 0 aliphatic carbocycles. The molecule has 1 unspecified atom stereocenters. The number of phenolic OH excluding ortho intramolecular Hbond substituents is 1. The molecule has 0 bridgehead atoms. The normalized spacial score (nSPS) is 12.6. The largest absolute Gasteiger partial charge is 0.507 e. The van der Waals surface area contributed by atoms with E-state index in [1.54, 1.807) is 7.11 Å². The van der Waals surface area contributed by atoms with E-state index in [4.69, 9.17) is 10.5 Å². The first-order valence-electron chi connectivity index (χ1n) is 4.67. The molecule has 1 rings (SSSR count). The molecule has 0 aromatic heterocycles. The van der Waals surface area contributed by atoms with Crippen LogP contribution in [0.5, 0.6) is 11.5 Å². The van der Waals surface area contributed by atoms with Gasteiger partial charge in [0.15, 0.2) is 0 Å². The van der Waals surface area contributed by atoms with Crippen molar-refractivity contribution in [1.29, 1.82) is 0 Å². The van der Waals surface area contributed by atoms with Crippen LogP contribution in [0.1, 0.15) is 18.1 Å². The van der Waals surface area contributed by atoms with Gasteiger partial charge in [0.05, 0.1) is 7.11 Å². The average molecular weight is 195 g/mol. The van der Waals surface area contributed by atoms with Crippen LogP contribution < -0.4 is 10.5 Å². The van der Waals surface area contributed by atoms with Gasteiger partial charge in [-0.05, 0) is 31.9 Å². The quantitative estimate of drug-likeness (QED) is 0.770. The summed E-state index contributed by atoms with van der Waals surface area (Å²) >= 11 is 0. The number of hydrogen-bond donors (Lipinski definition) is 2. The predicted molar refractivity (Wildman–Crippen MR) is 56.7 cm³/mol. The minimum Gasteiger partial charge on any atom is -0.507 e. The lowest BCUT2D eigenvalue weighted by Crippen LogP contribution is -2.17. The van der Waals surface area contributed by atoms with Crippen molar-refractivity contribution in [3.05, 3.63) is 23.3 Å². The third-order valence-corrected chi connectivity index (χ3v) is 2.23. The van der Waals surface area contributed by atoms with E-state index in [9.17, 15) is 5.11 Å². The Balaban J connectivity index is 3.04. The van der Waals surface area contributed by atoms with Gasteiger partial charge in [-0.15, -0.1) is 0 Å². The third-order valence-electron chi connectivity index (χ3n) is 2.23. The van der Waals surface area contributed by atoms with E-state index >= 15 is 0 Å². The van der Waals surface area contributed by atoms with Crippen LogP contribution in [-0.2, 0) is 6.42 Å². The highest BCUT2D eigenvalue weighted by molar-refractivity contribution is 5.48. The molecule has 78 valence electrons. The highest BCUT2D eigenvalue weighted by Crippen LogP contribution is 2.30. The van der Waals surface area contributed by atoms with E-state index in [-0.39, 0.29) is 6.04 Å². The maximum atomic E-state index is 9.82. The Morgan fingerprint density at radius 2 is 2.14 bits per heavy atom. The lowest BCUT2D eigenvalue weighted by atomic mass is 10.0. The number of benzene rings is 1. The van der Waals surface area contributed by atoms with Gasteiger partial charge in [-0.1, -0.05) is 6.07 Å². The highest BCUT2D eigenvalue weighted by atomic mass is 16.5. The molecule has 0 fully saturated rings. The van der Waals surface area contributed by atoms with Gasteiger partial charge >= 0.3 is 0 Å². The van der Waals surface area contributed by atoms with Gasteiger partial charge in [0.25, 0.3) is 0 Å². The second kappa shape index (κ2) is 4.33. The zero-order chi connectivity index (χ0) is 10.7. The van der Waals surface area contributed by atoms with E-state index in [1.165, 1.54) is 0 Å². The molecule has 1 atom stereocenters. The van der Waals surface area contributed by atoms with Crippen molar-refractivity contribution >= 4 is 0 Å². The highest BCUT2D eigenvalue weighted by Gasteiger charge is 2.10. The van der Waals surface area contributed by atoms with Crippen molar-refractivity contribution in [2.45, 2.75) is 26.3 Å². The van der Waals surface area contributed by atoms with Crippen LogP contribution in [0.15, 0.2) is 12.1 Å². The van der Waals surface area contributed by atoms with Crippen LogP contribution in [0, 0.1) is 6.92 Å². The van der Waals surface area contributed by atoms with Gasteiger partial charge < -0.3 is 15.6 Å². The molecule has 14 heavy (non-hydrogen) atoms. The summed E-state index contributed by atoms with van der Waals surface area (Å²) in [5, 5.41) is 9.82. The number of ether oxygens (including phenoxy) is 1. The molecule has 3 N–H and O–H groups in total. The summed E-state index contributed by atoms with van der Waals surface area (Å²) in [4.78, 5) is 0. The molecule has 0 aliphatic rings. The number of phenols is 1. The number of aromatic hydroxyl groups is 1. The zero-order valence-corrected chi connectivity index (χ0v) is 8.87. The van der Waals surface area contributed by atoms with Crippen LogP contribution in [0.25, 0.3) is 0 Å². The molecule has 1 aromatic carbocycles. The lowest BCUT2D eigenvalue weighted by Gasteiger charge is -2.12. The van der Waals surface area contributed by atoms with E-state index in [0.717, 1.165) is 11.1 Å². The summed E-state index contributed by atoms with van der Waals surface area (Å²) in [5.74, 6) is 0.998. The molecule has 0 amide bonds. The number of rotatable bonds is 3. The van der Waals surface area contributed by atoms with Crippen LogP contribution in [0.2, 0.25) is 0 Å². The summed E-state index contributed by atoms with van der Waals surface area (Å²) in [7, 11) is 1.59. The topological polar surface area (TPSA) is 55.5 Å². The molecule has 3 nitrogen and oxygen atoms in total. The molecular weight excluding hydrogens is 178 g/mol. The van der Waals surface area contributed by atoms with Crippen LogP contribution in [0.3, 0.4) is 0 Å². The Hall–Kier alpha value is -1.22. The SMILES string of the molecule is COc1ccc(CC(C)N)c(O)c1C. The summed E-state index contributed by atoms with van der Waals surface area (Å²) in [6.45, 7) is 3.75. The number of nitrogens with two attached hydrogens (primary N) is 1. The zero-order valence-electron chi connectivity index (χ0n) is 8.87. The second-order valence-corrected chi connectivity index (χ2v) is 3.58. The van der Waals surface area contributed by atoms with E-state index < -0.39 is 0 Å². The smallest absolute Gasteiger partial charge is 0.125 e. The van der Waals surface area contributed by atoms with Gasteiger partial charge in [-0.2, -0.15) is 0 Å². The summed E-state index contributed by atoms with van der Waals surface area (Å²) in [6, 6.07) is 3.76. The Kier molecular flexibility index (Phi) is 3.36. The lowest BCUT2D eigenvalue weighted by molar-refractivity contribution is 0.401. The molecule has 0 heterocycles. The fourth-order valence-electron chi connectivity index (χ4n) is 1.47. The molecule has 0 saturated carbocycles. The average Bonchev–Trinajstić information content (AvgIpc) is 2.13. The first-order valence-corrected chi connectivity index (χ1v) is 4.67. The van der Waals surface area contributed by atoms with Crippen LogP contribution >= 0.6 is 0 Å². The van der Waals surface area contributed by atoms with Gasteiger partial charge in [-0.25, -0.2) is 0 Å². The molecule has 0 radical (unpaired) electrons. The maximum Gasteiger partial charge on any atom is 0.125 e. The van der Waals surface area contributed by atoms with E-state index in [0.29, 0.717) is 17.9 Å². The predicted octanol–water partition coefficient (Wildman–Crippen LogP) is 1.60. The fraction of sp³-hybridized carbons (Fsp3) is 0.455. The van der Waals surface area contributed by atoms with Crippen LogP contribution in [0.4, 0.5) is 0 Å². The molecular formula is C11H17NO2. The van der Waals surface area contributed by atoms with Gasteiger partial charge in [-0.3, -0.25) is 0 Å². The van der Waals surface area contributed by atoms with Crippen LogP contribution in [-0.4, -0.2) is 18.3 Å². The molecule has 0 spiro atoms. The maximum absolute atomic E-state index is 9.82. The minimum absolute atomic E-state index is 0.0497. The Bertz CT molecular complexity index is 321. The summed E-state index contributed by atoms with van der Waals surface area (Å²) < 4.78 is 5.09. The number of methoxy groups -OCH3 is 1. The molecule has 3 heteroatoms. The second-order valence-electron chi connectivity index (χ2n) is 3.58. The first kappa shape index (κ1) is 10.9. The van der Waals surface area contributed by atoms with Crippen molar-refractivity contribution in [1.82, 2.24) is 0 Å². The molecule has 1 aromatic rings. The van der Waals surface area contributed by atoms with Crippen molar-refractivity contribution in [2.75, 3.05) is 7.11 Å². The minimum atomic E-state index is 0.0497. The summed E-state index contributed by atoms with van der Waals surface area (Å²) in [5.41, 5.74) is 7.31. The molecule has 0 saturated heterocycles. The van der Waals surface area contributed by atoms with Crippen molar-refractivity contribution in [2.24, 2.45) is 5.73 Å². The Labute approximate surface area is 84.5 Å². The van der Waals surface area contributed by atoms with Gasteiger partial charge in [0, 0.05) is 11.6 Å². The van der Waals surface area contributed by atoms with Gasteiger partial charge in [0.2, 0.25) is 0 Å². The Morgan fingerprint density at radius 3 is 2.64 bits per heavy atom. The van der Waals surface area contributed by atoms with E-state index in [1.807, 2.05) is 26.0 Å². The third kappa shape index (κ3) is 2.17.